The summed E-state index contributed by atoms with van der Waals surface area (Å²) in [6.07, 6.45) is 6.88. The van der Waals surface area contributed by atoms with Gasteiger partial charge in [0.1, 0.15) is 0 Å². The standard InChI is InChI=1S/C13H9.C7H13NO.C2H7Si.2CH3.Ti/c1-3-7-12-10(5-1)9-11-6-2-4-8-13(11)12;8-7(9)6-4-2-1-3-5-6;1-3-2;;;/h1-5,7-8H,9H2;6H,1-5H2,(H2,8,9);3H,1-2H3;2*1H3;/q;;;;;+1/p-1. The van der Waals surface area contributed by atoms with E-state index in [-0.39, 0.29) is 5.92 Å². The van der Waals surface area contributed by atoms with Gasteiger partial charge in [-0.15, -0.1) is 0 Å². The van der Waals surface area contributed by atoms with Gasteiger partial charge in [-0.3, -0.25) is 0 Å². The molecule has 1 amide bonds. The summed E-state index contributed by atoms with van der Waals surface area (Å²) in [7, 11) is 0. The van der Waals surface area contributed by atoms with E-state index >= 15 is 0 Å². The maximum atomic E-state index is 13.4. The van der Waals surface area contributed by atoms with Crippen molar-refractivity contribution in [3.05, 3.63) is 53.6 Å². The monoisotopic (exact) mass is 428 g/mol. The summed E-state index contributed by atoms with van der Waals surface area (Å²) < 4.78 is 5.35. The maximum absolute atomic E-state index is 13.4. The first-order valence-electron chi connectivity index (χ1n) is 11.0. The Balaban J connectivity index is 1.77. The number of benzene rings is 2. The van der Waals surface area contributed by atoms with E-state index in [1.54, 1.807) is 0 Å². The zero-order chi connectivity index (χ0) is 20.0. The van der Waals surface area contributed by atoms with Gasteiger partial charge in [0, 0.05) is 0 Å². The Morgan fingerprint density at radius 1 is 0.964 bits per heavy atom. The molecule has 149 valence electrons. The summed E-state index contributed by atoms with van der Waals surface area (Å²) in [4.78, 5) is 13.4. The van der Waals surface area contributed by atoms with Crippen LogP contribution in [0.4, 0.5) is 0 Å². The predicted molar refractivity (Wildman–Crippen MR) is 120 cm³/mol. The topological polar surface area (TPSA) is 29.1 Å². The van der Waals surface area contributed by atoms with E-state index in [1.807, 2.05) is 0 Å². The number of fused-ring (bicyclic) bond motifs is 3. The quantitative estimate of drug-likeness (QED) is 0.564. The first kappa shape index (κ1) is 20.1. The molecule has 28 heavy (non-hydrogen) atoms. The average Bonchev–Trinajstić information content (AvgIpc) is 3.07. The SMILES string of the molecule is C[SiH](C)[Ti]([CH3])([CH3])([NH]C(=O)C1CCCCC1)[c]1cccc2c1Cc1ccccc1-2. The van der Waals surface area contributed by atoms with E-state index < -0.39 is 21.5 Å². The Bertz CT molecular complexity index is 915. The first-order valence-corrected chi connectivity index (χ1v) is 21.3. The van der Waals surface area contributed by atoms with Crippen LogP contribution in [0.2, 0.25) is 23.6 Å². The van der Waals surface area contributed by atoms with Gasteiger partial charge in [0.05, 0.1) is 0 Å². The van der Waals surface area contributed by atoms with Crippen LogP contribution in [0, 0.1) is 5.92 Å². The Hall–Kier alpha value is -1.16. The van der Waals surface area contributed by atoms with Crippen LogP contribution in [-0.2, 0) is 26.0 Å². The molecule has 1 fully saturated rings. The fraction of sp³-hybridized carbons (Fsp3) is 0.458. The van der Waals surface area contributed by atoms with Crippen LogP contribution < -0.4 is 7.67 Å². The van der Waals surface area contributed by atoms with Crippen molar-refractivity contribution in [2.75, 3.05) is 0 Å². The number of amides is 1. The van der Waals surface area contributed by atoms with Crippen LogP contribution in [0.3, 0.4) is 0 Å². The third-order valence-electron chi connectivity index (χ3n) is 7.90. The molecular formula is C24H34NOSiTi. The van der Waals surface area contributed by atoms with Crippen molar-refractivity contribution < 1.29 is 19.6 Å². The first-order chi connectivity index (χ1) is 13.3. The van der Waals surface area contributed by atoms with Crippen LogP contribution >= 0.6 is 0 Å². The van der Waals surface area contributed by atoms with Gasteiger partial charge in [0.25, 0.3) is 0 Å². The molecule has 2 nitrogen and oxygen atoms in total. The molecule has 0 unspecified atom stereocenters. The molecule has 2 aliphatic rings. The number of hydrogen-bond donors (Lipinski definition) is 1. The molecule has 1 saturated carbocycles. The zero-order valence-electron chi connectivity index (χ0n) is 17.8. The normalized spacial score (nSPS) is 18.2. The number of carbonyl (C=O) groups is 1. The molecule has 2 aromatic rings. The Labute approximate surface area is 172 Å². The molecule has 2 aromatic carbocycles. The van der Waals surface area contributed by atoms with Crippen molar-refractivity contribution in [2.24, 2.45) is 5.92 Å². The Morgan fingerprint density at radius 3 is 2.36 bits per heavy atom. The summed E-state index contributed by atoms with van der Waals surface area (Å²) in [5, 5.41) is 4.99. The number of hydrogen-bond acceptors (Lipinski definition) is 1. The third-order valence-corrected chi connectivity index (χ3v) is 34.4. The summed E-state index contributed by atoms with van der Waals surface area (Å²) in [5.41, 5.74) is 5.71. The van der Waals surface area contributed by atoms with Crippen molar-refractivity contribution in [3.8, 4) is 11.1 Å². The van der Waals surface area contributed by atoms with Crippen LogP contribution in [0.1, 0.15) is 43.2 Å². The molecule has 0 bridgehead atoms. The molecule has 0 heterocycles. The van der Waals surface area contributed by atoms with Gasteiger partial charge in [-0.1, -0.05) is 0 Å². The molecule has 0 radical (unpaired) electrons. The van der Waals surface area contributed by atoms with Crippen molar-refractivity contribution in [2.45, 2.75) is 62.1 Å². The van der Waals surface area contributed by atoms with E-state index in [2.05, 4.69) is 69.8 Å². The van der Waals surface area contributed by atoms with E-state index in [1.165, 1.54) is 45.4 Å². The van der Waals surface area contributed by atoms with Crippen LogP contribution in [-0.4, -0.2) is 12.6 Å². The van der Waals surface area contributed by atoms with Crippen molar-refractivity contribution in [3.63, 3.8) is 0 Å². The molecule has 0 aromatic heterocycles. The van der Waals surface area contributed by atoms with Crippen molar-refractivity contribution >= 4 is 16.4 Å². The summed E-state index contributed by atoms with van der Waals surface area (Å²) in [6, 6.07) is 15.7. The Kier molecular flexibility index (Phi) is 5.22. The summed E-state index contributed by atoms with van der Waals surface area (Å²) >= 11 is -3.36. The second-order valence-electron chi connectivity index (χ2n) is 10.1. The zero-order valence-corrected chi connectivity index (χ0v) is 20.6. The predicted octanol–water partition coefficient (Wildman–Crippen LogP) is 5.26. The molecule has 0 spiro atoms. The fourth-order valence-electron chi connectivity index (χ4n) is 5.25. The van der Waals surface area contributed by atoms with E-state index in [9.17, 15) is 4.79 Å². The molecule has 2 aliphatic carbocycles. The average molecular weight is 428 g/mol. The second kappa shape index (κ2) is 7.27. The van der Waals surface area contributed by atoms with Crippen LogP contribution in [0.25, 0.3) is 11.1 Å². The fourth-order valence-corrected chi connectivity index (χ4v) is 16.6. The van der Waals surface area contributed by atoms with Crippen molar-refractivity contribution in [1.29, 1.82) is 0 Å². The molecule has 4 rings (SSSR count). The number of rotatable bonds is 4. The Morgan fingerprint density at radius 2 is 1.64 bits per heavy atom. The third kappa shape index (κ3) is 3.26. The van der Waals surface area contributed by atoms with E-state index in [0.717, 1.165) is 19.3 Å². The van der Waals surface area contributed by atoms with Gasteiger partial charge in [0.15, 0.2) is 0 Å². The van der Waals surface area contributed by atoms with Gasteiger partial charge in [0.2, 0.25) is 0 Å². The van der Waals surface area contributed by atoms with Gasteiger partial charge < -0.3 is 0 Å². The number of carbonyl (C=O) groups excluding carboxylic acids is 1. The van der Waals surface area contributed by atoms with Gasteiger partial charge in [-0.2, -0.15) is 0 Å². The van der Waals surface area contributed by atoms with Crippen LogP contribution in [0.5, 0.6) is 0 Å². The van der Waals surface area contributed by atoms with Gasteiger partial charge in [-0.05, 0) is 0 Å². The van der Waals surface area contributed by atoms with Gasteiger partial charge in [-0.25, -0.2) is 0 Å². The molecule has 0 aliphatic heterocycles. The van der Waals surface area contributed by atoms with E-state index in [0.29, 0.717) is 5.91 Å². The molecule has 0 saturated heterocycles. The molecular weight excluding hydrogens is 394 g/mol. The minimum absolute atomic E-state index is 0.235. The molecule has 4 heteroatoms. The molecule has 0 atom stereocenters. The van der Waals surface area contributed by atoms with Crippen molar-refractivity contribution in [1.82, 2.24) is 3.80 Å². The summed E-state index contributed by atoms with van der Waals surface area (Å²) in [5.74, 6) is 0.592. The van der Waals surface area contributed by atoms with Gasteiger partial charge >= 0.3 is 173 Å². The minimum atomic E-state index is -3.36. The number of nitrogens with one attached hydrogen (secondary N) is 1. The second-order valence-corrected chi connectivity index (χ2v) is 34.0. The molecule has 1 N–H and O–H groups in total. The van der Waals surface area contributed by atoms with Crippen LogP contribution in [0.15, 0.2) is 42.5 Å². The van der Waals surface area contributed by atoms with E-state index in [4.69, 9.17) is 0 Å². The summed E-state index contributed by atoms with van der Waals surface area (Å²) in [6.45, 7) is 3.79.